The van der Waals surface area contributed by atoms with Gasteiger partial charge in [-0.2, -0.15) is 0 Å². The molecule has 6 heteroatoms. The molecule has 0 bridgehead atoms. The number of imide groups is 1. The van der Waals surface area contributed by atoms with Crippen molar-refractivity contribution in [1.29, 1.82) is 0 Å². The fraction of sp³-hybridized carbons (Fsp3) is 0.286. The van der Waals surface area contributed by atoms with Crippen LogP contribution in [-0.2, 0) is 4.79 Å². The lowest BCUT2D eigenvalue weighted by Crippen LogP contribution is -2.45. The van der Waals surface area contributed by atoms with Crippen molar-refractivity contribution in [2.24, 2.45) is 0 Å². The lowest BCUT2D eigenvalue weighted by Gasteiger charge is -2.12. The SMILES string of the molecule is O=C(COc1ccc(C(=O)c2ccccc2)cc1)NC(=O)NC1CCCC1. The predicted octanol–water partition coefficient (Wildman–Crippen LogP) is 3.06. The molecule has 0 atom stereocenters. The van der Waals surface area contributed by atoms with Crippen molar-refractivity contribution in [3.63, 3.8) is 0 Å². The summed E-state index contributed by atoms with van der Waals surface area (Å²) in [5.41, 5.74) is 1.15. The van der Waals surface area contributed by atoms with Gasteiger partial charge in [0, 0.05) is 17.2 Å². The molecule has 0 heterocycles. The van der Waals surface area contributed by atoms with E-state index in [1.807, 2.05) is 18.2 Å². The molecule has 1 aliphatic carbocycles. The number of rotatable bonds is 6. The maximum atomic E-state index is 12.3. The molecule has 3 rings (SSSR count). The quantitative estimate of drug-likeness (QED) is 0.770. The molecule has 1 saturated carbocycles. The second-order valence-electron chi connectivity index (χ2n) is 6.51. The van der Waals surface area contributed by atoms with Gasteiger partial charge in [-0.25, -0.2) is 4.79 Å². The summed E-state index contributed by atoms with van der Waals surface area (Å²) in [6.07, 6.45) is 4.11. The summed E-state index contributed by atoms with van der Waals surface area (Å²) in [6.45, 7) is -0.274. The summed E-state index contributed by atoms with van der Waals surface area (Å²) < 4.78 is 5.38. The number of ketones is 1. The third kappa shape index (κ3) is 5.41. The average Bonchev–Trinajstić information content (AvgIpc) is 3.19. The van der Waals surface area contributed by atoms with Gasteiger partial charge in [0.15, 0.2) is 12.4 Å². The molecule has 3 amide bonds. The highest BCUT2D eigenvalue weighted by atomic mass is 16.5. The van der Waals surface area contributed by atoms with Crippen LogP contribution in [0, 0.1) is 0 Å². The second kappa shape index (κ2) is 8.98. The number of ether oxygens (including phenoxy) is 1. The molecule has 140 valence electrons. The molecule has 0 saturated heterocycles. The molecule has 0 aromatic heterocycles. The van der Waals surface area contributed by atoms with Crippen molar-refractivity contribution in [3.05, 3.63) is 65.7 Å². The normalized spacial score (nSPS) is 13.8. The fourth-order valence-corrected chi connectivity index (χ4v) is 3.06. The van der Waals surface area contributed by atoms with E-state index in [0.717, 1.165) is 25.7 Å². The van der Waals surface area contributed by atoms with Crippen LogP contribution in [0.2, 0.25) is 0 Å². The van der Waals surface area contributed by atoms with Crippen LogP contribution in [0.5, 0.6) is 5.75 Å². The van der Waals surface area contributed by atoms with Gasteiger partial charge >= 0.3 is 6.03 Å². The van der Waals surface area contributed by atoms with Crippen molar-refractivity contribution in [2.45, 2.75) is 31.7 Å². The molecular formula is C21H22N2O4. The molecule has 0 radical (unpaired) electrons. The Morgan fingerprint density at radius 1 is 0.889 bits per heavy atom. The molecule has 0 unspecified atom stereocenters. The Balaban J connectivity index is 1.46. The van der Waals surface area contributed by atoms with Gasteiger partial charge in [-0.05, 0) is 37.1 Å². The number of hydrogen-bond acceptors (Lipinski definition) is 4. The summed E-state index contributed by atoms with van der Waals surface area (Å²) >= 11 is 0. The lowest BCUT2D eigenvalue weighted by atomic mass is 10.0. The predicted molar refractivity (Wildman–Crippen MR) is 101 cm³/mol. The highest BCUT2D eigenvalue weighted by Crippen LogP contribution is 2.17. The van der Waals surface area contributed by atoms with Gasteiger partial charge in [0.05, 0.1) is 0 Å². The van der Waals surface area contributed by atoms with Crippen LogP contribution < -0.4 is 15.4 Å². The Bertz CT molecular complexity index is 797. The van der Waals surface area contributed by atoms with Crippen LogP contribution in [0.1, 0.15) is 41.6 Å². The van der Waals surface area contributed by atoms with Gasteiger partial charge in [-0.3, -0.25) is 14.9 Å². The number of hydrogen-bond donors (Lipinski definition) is 2. The first kappa shape index (κ1) is 18.6. The van der Waals surface area contributed by atoms with Crippen molar-refractivity contribution in [2.75, 3.05) is 6.61 Å². The first-order valence-corrected chi connectivity index (χ1v) is 9.05. The average molecular weight is 366 g/mol. The van der Waals surface area contributed by atoms with Crippen LogP contribution in [-0.4, -0.2) is 30.4 Å². The zero-order valence-electron chi connectivity index (χ0n) is 14.9. The van der Waals surface area contributed by atoms with Crippen LogP contribution >= 0.6 is 0 Å². The summed E-state index contributed by atoms with van der Waals surface area (Å²) in [6, 6.07) is 15.2. The van der Waals surface area contributed by atoms with E-state index in [-0.39, 0.29) is 18.4 Å². The van der Waals surface area contributed by atoms with Crippen LogP contribution in [0.3, 0.4) is 0 Å². The Morgan fingerprint density at radius 2 is 1.52 bits per heavy atom. The number of urea groups is 1. The Labute approximate surface area is 157 Å². The van der Waals surface area contributed by atoms with Gasteiger partial charge < -0.3 is 10.1 Å². The van der Waals surface area contributed by atoms with Gasteiger partial charge in [0.1, 0.15) is 5.75 Å². The fourth-order valence-electron chi connectivity index (χ4n) is 3.06. The largest absolute Gasteiger partial charge is 0.484 e. The molecule has 0 aliphatic heterocycles. The number of benzene rings is 2. The van der Waals surface area contributed by atoms with E-state index in [2.05, 4.69) is 10.6 Å². The molecule has 1 aliphatic rings. The molecule has 27 heavy (non-hydrogen) atoms. The van der Waals surface area contributed by atoms with Crippen molar-refractivity contribution in [1.82, 2.24) is 10.6 Å². The topological polar surface area (TPSA) is 84.5 Å². The standard InChI is InChI=1S/C21H22N2O4/c24-19(23-21(26)22-17-8-4-5-9-17)14-27-18-12-10-16(11-13-18)20(25)15-6-2-1-3-7-15/h1-3,6-7,10-13,17H,4-5,8-9,14H2,(H2,22,23,24,26). The molecular weight excluding hydrogens is 344 g/mol. The minimum atomic E-state index is -0.519. The minimum Gasteiger partial charge on any atom is -0.484 e. The van der Waals surface area contributed by atoms with Crippen molar-refractivity contribution < 1.29 is 19.1 Å². The molecule has 6 nitrogen and oxygen atoms in total. The smallest absolute Gasteiger partial charge is 0.321 e. The van der Waals surface area contributed by atoms with E-state index in [0.29, 0.717) is 16.9 Å². The Hall–Kier alpha value is -3.15. The van der Waals surface area contributed by atoms with Crippen LogP contribution in [0.25, 0.3) is 0 Å². The minimum absolute atomic E-state index is 0.0801. The third-order valence-corrected chi connectivity index (χ3v) is 4.47. The Morgan fingerprint density at radius 3 is 2.19 bits per heavy atom. The van der Waals surface area contributed by atoms with Gasteiger partial charge in [-0.15, -0.1) is 0 Å². The first-order valence-electron chi connectivity index (χ1n) is 9.05. The maximum absolute atomic E-state index is 12.3. The third-order valence-electron chi connectivity index (χ3n) is 4.47. The van der Waals surface area contributed by atoms with E-state index in [1.165, 1.54) is 0 Å². The highest BCUT2D eigenvalue weighted by Gasteiger charge is 2.18. The number of carbonyl (C=O) groups is 3. The van der Waals surface area contributed by atoms with E-state index >= 15 is 0 Å². The van der Waals surface area contributed by atoms with E-state index in [4.69, 9.17) is 4.74 Å². The first-order chi connectivity index (χ1) is 13.1. The summed E-state index contributed by atoms with van der Waals surface area (Å²) in [5.74, 6) is -0.149. The van der Waals surface area contributed by atoms with Crippen LogP contribution in [0.4, 0.5) is 4.79 Å². The summed E-state index contributed by atoms with van der Waals surface area (Å²) in [5, 5.41) is 5.04. The molecule has 2 aromatic rings. The zero-order valence-corrected chi connectivity index (χ0v) is 14.9. The van der Waals surface area contributed by atoms with E-state index in [9.17, 15) is 14.4 Å². The summed E-state index contributed by atoms with van der Waals surface area (Å²) in [7, 11) is 0. The molecule has 1 fully saturated rings. The molecule has 2 aromatic carbocycles. The lowest BCUT2D eigenvalue weighted by molar-refractivity contribution is -0.122. The maximum Gasteiger partial charge on any atom is 0.321 e. The van der Waals surface area contributed by atoms with Crippen molar-refractivity contribution in [3.8, 4) is 5.75 Å². The highest BCUT2D eigenvalue weighted by molar-refractivity contribution is 6.09. The van der Waals surface area contributed by atoms with E-state index < -0.39 is 11.9 Å². The monoisotopic (exact) mass is 366 g/mol. The van der Waals surface area contributed by atoms with Crippen molar-refractivity contribution >= 4 is 17.7 Å². The number of nitrogens with one attached hydrogen (secondary N) is 2. The number of carbonyl (C=O) groups excluding carboxylic acids is 3. The second-order valence-corrected chi connectivity index (χ2v) is 6.51. The van der Waals surface area contributed by atoms with Crippen LogP contribution in [0.15, 0.2) is 54.6 Å². The number of amides is 3. The Kier molecular flexibility index (Phi) is 6.20. The molecule has 0 spiro atoms. The summed E-state index contributed by atoms with van der Waals surface area (Å²) in [4.78, 5) is 35.9. The molecule has 2 N–H and O–H groups in total. The van der Waals surface area contributed by atoms with Gasteiger partial charge in [-0.1, -0.05) is 43.2 Å². The van der Waals surface area contributed by atoms with E-state index in [1.54, 1.807) is 36.4 Å². The van der Waals surface area contributed by atoms with Gasteiger partial charge in [0.2, 0.25) is 0 Å². The zero-order chi connectivity index (χ0) is 19.1. The van der Waals surface area contributed by atoms with Gasteiger partial charge in [0.25, 0.3) is 5.91 Å².